The van der Waals surface area contributed by atoms with Crippen molar-refractivity contribution in [1.29, 1.82) is 0 Å². The maximum atomic E-state index is 12.5. The molecule has 1 atom stereocenters. The minimum absolute atomic E-state index is 0.0668. The van der Waals surface area contributed by atoms with E-state index in [-0.39, 0.29) is 23.5 Å². The van der Waals surface area contributed by atoms with Crippen molar-refractivity contribution in [2.24, 2.45) is 0 Å². The summed E-state index contributed by atoms with van der Waals surface area (Å²) in [6, 6.07) is 14.2. The van der Waals surface area contributed by atoms with Crippen LogP contribution < -0.4 is 5.32 Å². The van der Waals surface area contributed by atoms with Gasteiger partial charge >= 0.3 is 5.97 Å². The van der Waals surface area contributed by atoms with E-state index in [0.29, 0.717) is 18.7 Å². The van der Waals surface area contributed by atoms with Crippen LogP contribution in [0.5, 0.6) is 0 Å². The first kappa shape index (κ1) is 24.7. The van der Waals surface area contributed by atoms with E-state index in [1.807, 2.05) is 18.2 Å². The molecule has 0 radical (unpaired) electrons. The molecule has 33 heavy (non-hydrogen) atoms. The molecule has 1 amide bonds. The maximum Gasteiger partial charge on any atom is 0.331 e. The topological polar surface area (TPSA) is 92.8 Å². The van der Waals surface area contributed by atoms with Crippen molar-refractivity contribution in [2.45, 2.75) is 44.0 Å². The molecule has 0 aromatic heterocycles. The Bertz CT molecular complexity index is 1110. The minimum Gasteiger partial charge on any atom is -0.452 e. The number of fused-ring (bicyclic) bond motifs is 1. The Morgan fingerprint density at radius 2 is 1.79 bits per heavy atom. The van der Waals surface area contributed by atoms with Crippen LogP contribution in [0.1, 0.15) is 49.4 Å². The number of hydrogen-bond acceptors (Lipinski definition) is 5. The highest BCUT2D eigenvalue weighted by atomic mass is 32.2. The molecule has 2 aromatic rings. The van der Waals surface area contributed by atoms with Crippen LogP contribution in [0.2, 0.25) is 0 Å². The third-order valence-corrected chi connectivity index (χ3v) is 7.75. The van der Waals surface area contributed by atoms with Crippen LogP contribution in [-0.2, 0) is 30.8 Å². The SMILES string of the molecule is CCN(CC)S(=O)(=O)c1ccc(/C=C/C(=O)OCC(=O)NC2CCCc3ccccc32)cc1. The molecular weight excluding hydrogens is 440 g/mol. The molecule has 3 rings (SSSR count). The van der Waals surface area contributed by atoms with E-state index in [2.05, 4.69) is 11.4 Å². The van der Waals surface area contributed by atoms with Crippen LogP contribution in [0.4, 0.5) is 0 Å². The van der Waals surface area contributed by atoms with E-state index in [0.717, 1.165) is 24.8 Å². The van der Waals surface area contributed by atoms with Crippen molar-refractivity contribution in [2.75, 3.05) is 19.7 Å². The lowest BCUT2D eigenvalue weighted by molar-refractivity contribution is -0.144. The zero-order valence-electron chi connectivity index (χ0n) is 19.0. The second kappa shape index (κ2) is 11.2. The van der Waals surface area contributed by atoms with E-state index >= 15 is 0 Å². The van der Waals surface area contributed by atoms with Gasteiger partial charge in [-0.15, -0.1) is 0 Å². The number of rotatable bonds is 9. The molecule has 2 aromatic carbocycles. The van der Waals surface area contributed by atoms with Gasteiger partial charge in [0.15, 0.2) is 6.61 Å². The summed E-state index contributed by atoms with van der Waals surface area (Å²) in [6.07, 6.45) is 5.60. The predicted molar refractivity (Wildman–Crippen MR) is 127 cm³/mol. The molecule has 176 valence electrons. The first-order valence-corrected chi connectivity index (χ1v) is 12.6. The fourth-order valence-electron chi connectivity index (χ4n) is 3.95. The van der Waals surface area contributed by atoms with Gasteiger partial charge in [0.05, 0.1) is 10.9 Å². The average molecular weight is 471 g/mol. The maximum absolute atomic E-state index is 12.5. The van der Waals surface area contributed by atoms with Crippen molar-refractivity contribution >= 4 is 28.0 Å². The predicted octanol–water partition coefficient (Wildman–Crippen LogP) is 3.47. The Labute approximate surface area is 195 Å². The lowest BCUT2D eigenvalue weighted by Crippen LogP contribution is -2.34. The Morgan fingerprint density at radius 3 is 2.48 bits per heavy atom. The van der Waals surface area contributed by atoms with E-state index in [4.69, 9.17) is 4.74 Å². The Kier molecular flexibility index (Phi) is 8.41. The molecule has 1 aliphatic carbocycles. The van der Waals surface area contributed by atoms with E-state index in [1.54, 1.807) is 26.0 Å². The third-order valence-electron chi connectivity index (χ3n) is 5.69. The molecule has 1 aliphatic rings. The number of nitrogens with one attached hydrogen (secondary N) is 1. The van der Waals surface area contributed by atoms with Gasteiger partial charge in [-0.2, -0.15) is 4.31 Å². The van der Waals surface area contributed by atoms with Crippen LogP contribution >= 0.6 is 0 Å². The van der Waals surface area contributed by atoms with Crippen molar-refractivity contribution in [3.63, 3.8) is 0 Å². The Balaban J connectivity index is 1.51. The van der Waals surface area contributed by atoms with Gasteiger partial charge in [-0.3, -0.25) is 4.79 Å². The monoisotopic (exact) mass is 470 g/mol. The standard InChI is InChI=1S/C25H30N2O5S/c1-3-27(4-2)33(30,31)21-15-12-19(13-16-21)14-17-25(29)32-18-24(28)26-23-11-7-9-20-8-5-6-10-22(20)23/h5-6,8,10,12-17,23H,3-4,7,9,11,18H2,1-2H3,(H,26,28)/b17-14+. The molecule has 1 N–H and O–H groups in total. The molecule has 0 heterocycles. The highest BCUT2D eigenvalue weighted by Gasteiger charge is 2.22. The van der Waals surface area contributed by atoms with Gasteiger partial charge in [0, 0.05) is 19.2 Å². The lowest BCUT2D eigenvalue weighted by atomic mass is 9.88. The summed E-state index contributed by atoms with van der Waals surface area (Å²) in [7, 11) is -3.53. The summed E-state index contributed by atoms with van der Waals surface area (Å²) in [5.74, 6) is -0.988. The fraction of sp³-hybridized carbons (Fsp3) is 0.360. The Morgan fingerprint density at radius 1 is 1.09 bits per heavy atom. The number of nitrogens with zero attached hydrogens (tertiary/aromatic N) is 1. The van der Waals surface area contributed by atoms with Gasteiger partial charge in [0.1, 0.15) is 0 Å². The van der Waals surface area contributed by atoms with Gasteiger partial charge in [-0.25, -0.2) is 13.2 Å². The van der Waals surface area contributed by atoms with Crippen LogP contribution in [0.25, 0.3) is 6.08 Å². The number of sulfonamides is 1. The summed E-state index contributed by atoms with van der Waals surface area (Å²) in [6.45, 7) is 4.01. The zero-order valence-corrected chi connectivity index (χ0v) is 19.8. The number of benzene rings is 2. The van der Waals surface area contributed by atoms with Crippen molar-refractivity contribution < 1.29 is 22.7 Å². The van der Waals surface area contributed by atoms with Crippen molar-refractivity contribution in [3.05, 3.63) is 71.3 Å². The van der Waals surface area contributed by atoms with E-state index in [1.165, 1.54) is 34.2 Å². The van der Waals surface area contributed by atoms with E-state index in [9.17, 15) is 18.0 Å². The number of ether oxygens (including phenoxy) is 1. The number of esters is 1. The molecule has 0 saturated heterocycles. The molecular formula is C25H30N2O5S. The van der Waals surface area contributed by atoms with Gasteiger partial charge in [0.25, 0.3) is 5.91 Å². The second-order valence-electron chi connectivity index (χ2n) is 7.81. The normalized spacial score (nSPS) is 15.9. The van der Waals surface area contributed by atoms with Gasteiger partial charge in [-0.05, 0) is 54.2 Å². The van der Waals surface area contributed by atoms with Gasteiger partial charge in [-0.1, -0.05) is 50.2 Å². The summed E-state index contributed by atoms with van der Waals surface area (Å²) in [5, 5.41) is 2.94. The van der Waals surface area contributed by atoms with Gasteiger partial charge < -0.3 is 10.1 Å². The van der Waals surface area contributed by atoms with Crippen molar-refractivity contribution in [3.8, 4) is 0 Å². The smallest absolute Gasteiger partial charge is 0.331 e. The number of hydrogen-bond donors (Lipinski definition) is 1. The summed E-state index contributed by atoms with van der Waals surface area (Å²) >= 11 is 0. The quantitative estimate of drug-likeness (QED) is 0.448. The van der Waals surface area contributed by atoms with Crippen LogP contribution in [0.3, 0.4) is 0 Å². The lowest BCUT2D eigenvalue weighted by Gasteiger charge is -2.26. The number of aryl methyl sites for hydroxylation is 1. The fourth-order valence-corrected chi connectivity index (χ4v) is 5.41. The number of amides is 1. The first-order chi connectivity index (χ1) is 15.8. The molecule has 0 bridgehead atoms. The molecule has 0 fully saturated rings. The largest absolute Gasteiger partial charge is 0.452 e. The van der Waals surface area contributed by atoms with Crippen LogP contribution in [-0.4, -0.2) is 44.3 Å². The summed E-state index contributed by atoms with van der Waals surface area (Å²) < 4.78 is 31.5. The van der Waals surface area contributed by atoms with Crippen LogP contribution in [0, 0.1) is 0 Å². The van der Waals surface area contributed by atoms with E-state index < -0.39 is 16.0 Å². The van der Waals surface area contributed by atoms with Crippen molar-refractivity contribution in [1.82, 2.24) is 9.62 Å². The molecule has 7 nitrogen and oxygen atoms in total. The summed E-state index contributed by atoms with van der Waals surface area (Å²) in [5.41, 5.74) is 3.01. The van der Waals surface area contributed by atoms with Crippen LogP contribution in [0.15, 0.2) is 59.5 Å². The average Bonchev–Trinajstić information content (AvgIpc) is 2.82. The highest BCUT2D eigenvalue weighted by molar-refractivity contribution is 7.89. The third kappa shape index (κ3) is 6.30. The summed E-state index contributed by atoms with van der Waals surface area (Å²) in [4.78, 5) is 24.5. The molecule has 0 spiro atoms. The van der Waals surface area contributed by atoms with Gasteiger partial charge in [0.2, 0.25) is 10.0 Å². The Hall–Kier alpha value is -2.97. The number of carbonyl (C=O) groups is 2. The first-order valence-electron chi connectivity index (χ1n) is 11.2. The molecule has 1 unspecified atom stereocenters. The molecule has 0 aliphatic heterocycles. The highest BCUT2D eigenvalue weighted by Crippen LogP contribution is 2.29. The molecule has 8 heteroatoms. The molecule has 0 saturated carbocycles. The second-order valence-corrected chi connectivity index (χ2v) is 9.75. The number of carbonyl (C=O) groups excluding carboxylic acids is 2. The minimum atomic E-state index is -3.53. The zero-order chi connectivity index (χ0) is 23.8.